The summed E-state index contributed by atoms with van der Waals surface area (Å²) in [6.07, 6.45) is 0.959. The molecule has 1 unspecified atom stereocenters. The maximum absolute atomic E-state index is 5.92. The molecule has 3 N–H and O–H groups in total. The van der Waals surface area contributed by atoms with Crippen molar-refractivity contribution in [3.8, 4) is 0 Å². The van der Waals surface area contributed by atoms with E-state index in [0.717, 1.165) is 52.4 Å². The van der Waals surface area contributed by atoms with E-state index in [4.69, 9.17) is 10.5 Å². The molecule has 1 aromatic rings. The molecule has 1 heterocycles. The average Bonchev–Trinajstić information content (AvgIpc) is 2.55. The van der Waals surface area contributed by atoms with Gasteiger partial charge >= 0.3 is 0 Å². The van der Waals surface area contributed by atoms with Crippen LogP contribution >= 0.6 is 0 Å². The van der Waals surface area contributed by atoms with E-state index in [-0.39, 0.29) is 0 Å². The minimum Gasteiger partial charge on any atom is -0.379 e. The summed E-state index contributed by atoms with van der Waals surface area (Å²) in [6.45, 7) is 8.61. The summed E-state index contributed by atoms with van der Waals surface area (Å²) in [7, 11) is 0. The molecule has 0 saturated carbocycles. The zero-order valence-electron chi connectivity index (χ0n) is 13.5. The van der Waals surface area contributed by atoms with Crippen LogP contribution in [0.4, 0.5) is 0 Å². The fraction of sp³-hybridized carbons (Fsp3) is 0.588. The van der Waals surface area contributed by atoms with Crippen LogP contribution in [0, 0.1) is 5.92 Å². The number of nitrogens with zero attached hydrogens (tertiary/aromatic N) is 2. The molecule has 5 heteroatoms. The van der Waals surface area contributed by atoms with Crippen LogP contribution in [-0.4, -0.2) is 56.8 Å². The Bertz CT molecular complexity index is 443. The van der Waals surface area contributed by atoms with E-state index in [1.165, 1.54) is 5.56 Å². The van der Waals surface area contributed by atoms with Gasteiger partial charge in [0.2, 0.25) is 0 Å². The van der Waals surface area contributed by atoms with Gasteiger partial charge in [-0.3, -0.25) is 9.89 Å². The Morgan fingerprint density at radius 2 is 2.05 bits per heavy atom. The Hall–Kier alpha value is -1.59. The summed E-state index contributed by atoms with van der Waals surface area (Å²) in [5.74, 6) is 1.05. The van der Waals surface area contributed by atoms with E-state index in [0.29, 0.717) is 11.9 Å². The van der Waals surface area contributed by atoms with Gasteiger partial charge in [-0.25, -0.2) is 0 Å². The summed E-state index contributed by atoms with van der Waals surface area (Å²) in [4.78, 5) is 6.88. The zero-order valence-corrected chi connectivity index (χ0v) is 13.5. The van der Waals surface area contributed by atoms with Crippen LogP contribution in [-0.2, 0) is 11.2 Å². The smallest absolute Gasteiger partial charge is 0.188 e. The van der Waals surface area contributed by atoms with Gasteiger partial charge in [0, 0.05) is 32.7 Å². The first-order valence-electron chi connectivity index (χ1n) is 8.12. The molecule has 1 aliphatic rings. The Labute approximate surface area is 133 Å². The summed E-state index contributed by atoms with van der Waals surface area (Å²) in [5, 5.41) is 3.18. The van der Waals surface area contributed by atoms with Crippen LogP contribution in [0.3, 0.4) is 0 Å². The van der Waals surface area contributed by atoms with Gasteiger partial charge in [0.25, 0.3) is 0 Å². The lowest BCUT2D eigenvalue weighted by atomic mass is 10.1. The highest BCUT2D eigenvalue weighted by Gasteiger charge is 2.13. The zero-order chi connectivity index (χ0) is 15.6. The van der Waals surface area contributed by atoms with E-state index >= 15 is 0 Å². The van der Waals surface area contributed by atoms with Crippen LogP contribution in [0.5, 0.6) is 0 Å². The average molecular weight is 304 g/mol. The molecule has 1 atom stereocenters. The molecule has 0 aliphatic carbocycles. The molecule has 1 aromatic carbocycles. The number of morpholine rings is 1. The number of guanidine groups is 1. The van der Waals surface area contributed by atoms with Crippen molar-refractivity contribution in [3.05, 3.63) is 35.9 Å². The molecule has 122 valence electrons. The van der Waals surface area contributed by atoms with Crippen LogP contribution in [0.2, 0.25) is 0 Å². The Kier molecular flexibility index (Phi) is 7.19. The van der Waals surface area contributed by atoms with E-state index in [9.17, 15) is 0 Å². The van der Waals surface area contributed by atoms with Gasteiger partial charge in [0.15, 0.2) is 5.96 Å². The number of hydrogen-bond acceptors (Lipinski definition) is 3. The van der Waals surface area contributed by atoms with Crippen molar-refractivity contribution >= 4 is 5.96 Å². The van der Waals surface area contributed by atoms with E-state index < -0.39 is 0 Å². The summed E-state index contributed by atoms with van der Waals surface area (Å²) in [5.41, 5.74) is 7.23. The molecule has 0 radical (unpaired) electrons. The van der Waals surface area contributed by atoms with Crippen molar-refractivity contribution < 1.29 is 4.74 Å². The second-order valence-electron chi connectivity index (χ2n) is 5.91. The Morgan fingerprint density at radius 1 is 1.32 bits per heavy atom. The van der Waals surface area contributed by atoms with E-state index in [1.54, 1.807) is 0 Å². The highest BCUT2D eigenvalue weighted by molar-refractivity contribution is 5.77. The fourth-order valence-corrected chi connectivity index (χ4v) is 2.57. The predicted octanol–water partition coefficient (Wildman–Crippen LogP) is 1.10. The standard InChI is InChI=1S/C17H28N4O/c1-15(14-21-9-11-22-12-10-21)13-20-17(18)19-8-7-16-5-3-2-4-6-16/h2-6,15H,7-14H2,1H3,(H3,18,19,20). The molecule has 2 rings (SSSR count). The van der Waals surface area contributed by atoms with Crippen molar-refractivity contribution in [3.63, 3.8) is 0 Å². The number of ether oxygens (including phenoxy) is 1. The normalized spacial score (nSPS) is 18.1. The molecular formula is C17H28N4O. The summed E-state index contributed by atoms with van der Waals surface area (Å²) < 4.78 is 5.36. The molecule has 5 nitrogen and oxygen atoms in total. The van der Waals surface area contributed by atoms with Gasteiger partial charge in [-0.05, 0) is 17.9 Å². The molecule has 0 bridgehead atoms. The van der Waals surface area contributed by atoms with Crippen LogP contribution < -0.4 is 11.1 Å². The molecule has 0 spiro atoms. The van der Waals surface area contributed by atoms with Crippen molar-refractivity contribution in [2.75, 3.05) is 45.9 Å². The predicted molar refractivity (Wildman–Crippen MR) is 91.1 cm³/mol. The van der Waals surface area contributed by atoms with Gasteiger partial charge in [-0.15, -0.1) is 0 Å². The van der Waals surface area contributed by atoms with Gasteiger partial charge in [-0.2, -0.15) is 0 Å². The molecule has 0 amide bonds. The summed E-state index contributed by atoms with van der Waals surface area (Å²) in [6, 6.07) is 10.4. The van der Waals surface area contributed by atoms with Crippen molar-refractivity contribution in [2.45, 2.75) is 13.3 Å². The molecule has 0 aromatic heterocycles. The highest BCUT2D eigenvalue weighted by Crippen LogP contribution is 2.03. The first-order chi connectivity index (χ1) is 10.7. The number of rotatable bonds is 7. The highest BCUT2D eigenvalue weighted by atomic mass is 16.5. The fourth-order valence-electron chi connectivity index (χ4n) is 2.57. The Morgan fingerprint density at radius 3 is 2.77 bits per heavy atom. The maximum Gasteiger partial charge on any atom is 0.188 e. The third-order valence-electron chi connectivity index (χ3n) is 3.81. The third-order valence-corrected chi connectivity index (χ3v) is 3.81. The van der Waals surface area contributed by atoms with Crippen LogP contribution in [0.15, 0.2) is 35.3 Å². The van der Waals surface area contributed by atoms with Gasteiger partial charge in [0.05, 0.1) is 13.2 Å². The van der Waals surface area contributed by atoms with Crippen molar-refractivity contribution in [2.24, 2.45) is 16.6 Å². The van der Waals surface area contributed by atoms with E-state index in [1.807, 2.05) is 6.07 Å². The number of nitrogens with one attached hydrogen (secondary N) is 1. The maximum atomic E-state index is 5.92. The molecular weight excluding hydrogens is 276 g/mol. The monoisotopic (exact) mass is 304 g/mol. The minimum absolute atomic E-state index is 0.507. The van der Waals surface area contributed by atoms with Gasteiger partial charge in [-0.1, -0.05) is 37.3 Å². The quantitative estimate of drug-likeness (QED) is 0.585. The first kappa shape index (κ1) is 16.8. The number of hydrogen-bond donors (Lipinski definition) is 2. The second-order valence-corrected chi connectivity index (χ2v) is 5.91. The molecule has 1 fully saturated rings. The van der Waals surface area contributed by atoms with Crippen LogP contribution in [0.1, 0.15) is 12.5 Å². The molecule has 1 saturated heterocycles. The largest absolute Gasteiger partial charge is 0.379 e. The number of aliphatic imine (C=N–C) groups is 1. The lowest BCUT2D eigenvalue weighted by molar-refractivity contribution is 0.0323. The Balaban J connectivity index is 1.61. The first-order valence-corrected chi connectivity index (χ1v) is 8.12. The van der Waals surface area contributed by atoms with Gasteiger partial charge in [0.1, 0.15) is 0 Å². The third kappa shape index (κ3) is 6.45. The molecule has 1 aliphatic heterocycles. The lowest BCUT2D eigenvalue weighted by Crippen LogP contribution is -2.39. The minimum atomic E-state index is 0.507. The number of benzene rings is 1. The lowest BCUT2D eigenvalue weighted by Gasteiger charge is -2.28. The summed E-state index contributed by atoms with van der Waals surface area (Å²) >= 11 is 0. The van der Waals surface area contributed by atoms with Crippen LogP contribution in [0.25, 0.3) is 0 Å². The number of nitrogens with two attached hydrogens (primary N) is 1. The molecule has 22 heavy (non-hydrogen) atoms. The topological polar surface area (TPSA) is 62.9 Å². The SMILES string of the molecule is CC(CN=C(N)NCCc1ccccc1)CN1CCOCC1. The van der Waals surface area contributed by atoms with Gasteiger partial charge < -0.3 is 15.8 Å². The van der Waals surface area contributed by atoms with Crippen molar-refractivity contribution in [1.82, 2.24) is 10.2 Å². The van der Waals surface area contributed by atoms with Crippen molar-refractivity contribution in [1.29, 1.82) is 0 Å². The van der Waals surface area contributed by atoms with E-state index in [2.05, 4.69) is 46.4 Å². The second kappa shape index (κ2) is 9.43.